The molecule has 0 amide bonds. The van der Waals surface area contributed by atoms with Crippen LogP contribution < -0.4 is 10.9 Å². The van der Waals surface area contributed by atoms with Crippen LogP contribution in [0.3, 0.4) is 0 Å². The van der Waals surface area contributed by atoms with Gasteiger partial charge in [0.2, 0.25) is 0 Å². The van der Waals surface area contributed by atoms with Gasteiger partial charge in [0, 0.05) is 12.5 Å². The fourth-order valence-corrected chi connectivity index (χ4v) is 4.38. The summed E-state index contributed by atoms with van der Waals surface area (Å²) >= 11 is 0. The van der Waals surface area contributed by atoms with Crippen LogP contribution in [0.4, 0.5) is 13.2 Å². The van der Waals surface area contributed by atoms with Crippen LogP contribution >= 0.6 is 0 Å². The van der Waals surface area contributed by atoms with Gasteiger partial charge in [-0.05, 0) is 48.2 Å². The van der Waals surface area contributed by atoms with E-state index in [9.17, 15) is 18.0 Å². The molecule has 0 aliphatic carbocycles. The molecule has 188 valence electrons. The van der Waals surface area contributed by atoms with E-state index >= 15 is 0 Å². The molecule has 4 nitrogen and oxygen atoms in total. The van der Waals surface area contributed by atoms with E-state index in [0.29, 0.717) is 18.9 Å². The van der Waals surface area contributed by atoms with Crippen molar-refractivity contribution in [1.82, 2.24) is 14.9 Å². The molecule has 1 unspecified atom stereocenters. The first-order valence-electron chi connectivity index (χ1n) is 12.1. The quantitative estimate of drug-likeness (QED) is 0.290. The third-order valence-corrected chi connectivity index (χ3v) is 6.43. The van der Waals surface area contributed by atoms with Crippen LogP contribution in [-0.4, -0.2) is 22.6 Å². The maximum absolute atomic E-state index is 13.6. The molecule has 3 aromatic carbocycles. The molecule has 0 bridgehead atoms. The third-order valence-electron chi connectivity index (χ3n) is 6.43. The summed E-state index contributed by atoms with van der Waals surface area (Å²) in [4.78, 5) is 18.3. The molecule has 0 saturated heterocycles. The molecule has 0 spiro atoms. The SMILES string of the molecule is CC(C)C(CNCCc1ccccc1)c1nc2cc(C(F)(F)F)ccc2c(=O)n1Cc1ccccc1. The summed E-state index contributed by atoms with van der Waals surface area (Å²) in [5, 5.41) is 3.66. The summed E-state index contributed by atoms with van der Waals surface area (Å²) in [6.45, 7) is 5.67. The van der Waals surface area contributed by atoms with Crippen molar-refractivity contribution in [2.75, 3.05) is 13.1 Å². The van der Waals surface area contributed by atoms with Crippen molar-refractivity contribution in [1.29, 1.82) is 0 Å². The van der Waals surface area contributed by atoms with Gasteiger partial charge in [0.1, 0.15) is 5.82 Å². The second-order valence-corrected chi connectivity index (χ2v) is 9.37. The molecule has 1 heterocycles. The van der Waals surface area contributed by atoms with Crippen LogP contribution in [0.2, 0.25) is 0 Å². The van der Waals surface area contributed by atoms with Gasteiger partial charge in [-0.2, -0.15) is 13.2 Å². The van der Waals surface area contributed by atoms with Gasteiger partial charge in [0.05, 0.1) is 23.0 Å². The minimum absolute atomic E-state index is 0.0732. The van der Waals surface area contributed by atoms with E-state index in [4.69, 9.17) is 0 Å². The minimum atomic E-state index is -4.51. The standard InChI is InChI=1S/C29H30F3N3O/c1-20(2)25(18-33-16-15-21-9-5-3-6-10-21)27-34-26-17-23(29(30,31)32)13-14-24(26)28(36)35(27)19-22-11-7-4-8-12-22/h3-14,17,20,25,33H,15-16,18-19H2,1-2H3. The Hall–Kier alpha value is -3.45. The van der Waals surface area contributed by atoms with E-state index < -0.39 is 11.7 Å². The number of hydrogen-bond donors (Lipinski definition) is 1. The second kappa shape index (κ2) is 11.1. The first kappa shape index (κ1) is 25.6. The number of hydrogen-bond acceptors (Lipinski definition) is 3. The Kier molecular flexibility index (Phi) is 7.89. The number of aromatic nitrogens is 2. The van der Waals surface area contributed by atoms with E-state index in [2.05, 4.69) is 22.4 Å². The van der Waals surface area contributed by atoms with Crippen molar-refractivity contribution in [2.45, 2.75) is 38.9 Å². The molecule has 36 heavy (non-hydrogen) atoms. The highest BCUT2D eigenvalue weighted by molar-refractivity contribution is 5.78. The van der Waals surface area contributed by atoms with Gasteiger partial charge in [-0.15, -0.1) is 0 Å². The van der Waals surface area contributed by atoms with Gasteiger partial charge in [-0.3, -0.25) is 9.36 Å². The van der Waals surface area contributed by atoms with Gasteiger partial charge >= 0.3 is 6.18 Å². The predicted octanol–water partition coefficient (Wildman–Crippen LogP) is 6.04. The Bertz CT molecular complexity index is 1350. The summed E-state index contributed by atoms with van der Waals surface area (Å²) in [5.74, 6) is 0.431. The summed E-state index contributed by atoms with van der Waals surface area (Å²) < 4.78 is 41.8. The normalized spacial score (nSPS) is 12.8. The molecule has 1 N–H and O–H groups in total. The highest BCUT2D eigenvalue weighted by atomic mass is 19.4. The van der Waals surface area contributed by atoms with Crippen LogP contribution in [0.5, 0.6) is 0 Å². The third kappa shape index (κ3) is 6.02. The average molecular weight is 494 g/mol. The molecular weight excluding hydrogens is 463 g/mol. The highest BCUT2D eigenvalue weighted by Crippen LogP contribution is 2.31. The lowest BCUT2D eigenvalue weighted by Gasteiger charge is -2.25. The minimum Gasteiger partial charge on any atom is -0.316 e. The number of halogens is 3. The zero-order chi connectivity index (χ0) is 25.7. The molecule has 0 fully saturated rings. The number of alkyl halides is 3. The molecule has 1 atom stereocenters. The molecule has 4 aromatic rings. The largest absolute Gasteiger partial charge is 0.416 e. The van der Waals surface area contributed by atoms with Gasteiger partial charge in [-0.25, -0.2) is 4.98 Å². The second-order valence-electron chi connectivity index (χ2n) is 9.37. The van der Waals surface area contributed by atoms with Gasteiger partial charge in [0.15, 0.2) is 0 Å². The van der Waals surface area contributed by atoms with Crippen molar-refractivity contribution in [3.8, 4) is 0 Å². The monoisotopic (exact) mass is 493 g/mol. The molecular formula is C29H30F3N3O. The lowest BCUT2D eigenvalue weighted by atomic mass is 9.93. The topological polar surface area (TPSA) is 46.9 Å². The lowest BCUT2D eigenvalue weighted by Crippen LogP contribution is -2.34. The Morgan fingerprint density at radius 3 is 2.17 bits per heavy atom. The number of fused-ring (bicyclic) bond motifs is 1. The van der Waals surface area contributed by atoms with E-state index in [1.807, 2.05) is 62.4 Å². The zero-order valence-corrected chi connectivity index (χ0v) is 20.4. The maximum Gasteiger partial charge on any atom is 0.416 e. The number of rotatable bonds is 9. The van der Waals surface area contributed by atoms with Gasteiger partial charge in [0.25, 0.3) is 5.56 Å². The van der Waals surface area contributed by atoms with Crippen molar-refractivity contribution in [3.05, 3.63) is 112 Å². The van der Waals surface area contributed by atoms with Crippen LogP contribution in [0.15, 0.2) is 83.7 Å². The van der Waals surface area contributed by atoms with Crippen LogP contribution in [0.25, 0.3) is 10.9 Å². The van der Waals surface area contributed by atoms with Gasteiger partial charge in [-0.1, -0.05) is 74.5 Å². The van der Waals surface area contributed by atoms with Crippen LogP contribution in [0.1, 0.15) is 42.3 Å². The average Bonchev–Trinajstić information content (AvgIpc) is 2.86. The van der Waals surface area contributed by atoms with E-state index in [1.165, 1.54) is 11.6 Å². The summed E-state index contributed by atoms with van der Waals surface area (Å²) in [6.07, 6.45) is -3.66. The highest BCUT2D eigenvalue weighted by Gasteiger charge is 2.31. The van der Waals surface area contributed by atoms with Gasteiger partial charge < -0.3 is 5.32 Å². The molecule has 1 aromatic heterocycles. The van der Waals surface area contributed by atoms with Crippen molar-refractivity contribution in [2.24, 2.45) is 5.92 Å². The maximum atomic E-state index is 13.6. The molecule has 0 radical (unpaired) electrons. The summed E-state index contributed by atoms with van der Waals surface area (Å²) in [5.41, 5.74) is 1.08. The summed E-state index contributed by atoms with van der Waals surface area (Å²) in [6, 6.07) is 22.8. The summed E-state index contributed by atoms with van der Waals surface area (Å²) in [7, 11) is 0. The Morgan fingerprint density at radius 2 is 1.56 bits per heavy atom. The smallest absolute Gasteiger partial charge is 0.316 e. The number of nitrogens with one attached hydrogen (secondary N) is 1. The Labute approximate surface area is 208 Å². The van der Waals surface area contributed by atoms with Crippen molar-refractivity contribution in [3.63, 3.8) is 0 Å². The van der Waals surface area contributed by atoms with E-state index in [0.717, 1.165) is 30.7 Å². The first-order chi connectivity index (χ1) is 17.2. The van der Waals surface area contributed by atoms with E-state index in [1.54, 1.807) is 4.57 Å². The molecule has 0 aliphatic rings. The number of benzene rings is 3. The molecule has 0 saturated carbocycles. The molecule has 4 rings (SSSR count). The number of nitrogens with zero attached hydrogens (tertiary/aromatic N) is 2. The van der Waals surface area contributed by atoms with Crippen LogP contribution in [0, 0.1) is 5.92 Å². The fraction of sp³-hybridized carbons (Fsp3) is 0.310. The van der Waals surface area contributed by atoms with Crippen molar-refractivity contribution < 1.29 is 13.2 Å². The Balaban J connectivity index is 1.72. The fourth-order valence-electron chi connectivity index (χ4n) is 4.38. The van der Waals surface area contributed by atoms with Crippen LogP contribution in [-0.2, 0) is 19.1 Å². The first-order valence-corrected chi connectivity index (χ1v) is 12.1. The lowest BCUT2D eigenvalue weighted by molar-refractivity contribution is -0.137. The predicted molar refractivity (Wildman–Crippen MR) is 137 cm³/mol. The molecule has 0 aliphatic heterocycles. The Morgan fingerprint density at radius 1 is 0.917 bits per heavy atom. The van der Waals surface area contributed by atoms with Crippen molar-refractivity contribution >= 4 is 10.9 Å². The van der Waals surface area contributed by atoms with E-state index in [-0.39, 0.29) is 28.3 Å². The zero-order valence-electron chi connectivity index (χ0n) is 20.4. The molecule has 7 heteroatoms.